The van der Waals surface area contributed by atoms with Crippen LogP contribution in [-0.2, 0) is 4.79 Å². The molecule has 0 bridgehead atoms. The highest BCUT2D eigenvalue weighted by molar-refractivity contribution is 8.01. The van der Waals surface area contributed by atoms with E-state index in [1.165, 1.54) is 23.1 Å². The number of benzene rings is 2. The van der Waals surface area contributed by atoms with Crippen molar-refractivity contribution in [2.45, 2.75) is 17.5 Å². The van der Waals surface area contributed by atoms with Crippen LogP contribution >= 0.6 is 23.4 Å². The van der Waals surface area contributed by atoms with Crippen LogP contribution in [0.5, 0.6) is 0 Å². The Balaban J connectivity index is 1.72. The van der Waals surface area contributed by atoms with Gasteiger partial charge in [0.05, 0.1) is 5.25 Å². The topological polar surface area (TPSA) is 40.6 Å². The van der Waals surface area contributed by atoms with E-state index in [4.69, 9.17) is 11.6 Å². The molecule has 0 saturated carbocycles. The van der Waals surface area contributed by atoms with E-state index in [2.05, 4.69) is 0 Å². The summed E-state index contributed by atoms with van der Waals surface area (Å²) >= 11 is 7.87. The molecule has 0 radical (unpaired) electrons. The lowest BCUT2D eigenvalue weighted by Crippen LogP contribution is -2.39. The first-order valence-corrected chi connectivity index (χ1v) is 9.92. The summed E-state index contributed by atoms with van der Waals surface area (Å²) in [6.45, 7) is 2.59. The lowest BCUT2D eigenvalue weighted by atomic mass is 10.2. The second-order valence-electron chi connectivity index (χ2n) is 6.42. The second kappa shape index (κ2) is 8.31. The van der Waals surface area contributed by atoms with Crippen LogP contribution in [0.25, 0.3) is 0 Å². The molecule has 0 N–H and O–H groups in total. The molecule has 0 unspecified atom stereocenters. The van der Waals surface area contributed by atoms with Gasteiger partial charge >= 0.3 is 0 Å². The monoisotopic (exact) mass is 406 g/mol. The first-order valence-electron chi connectivity index (χ1n) is 8.60. The summed E-state index contributed by atoms with van der Waals surface area (Å²) < 4.78 is 13.4. The lowest BCUT2D eigenvalue weighted by Gasteiger charge is -2.27. The van der Waals surface area contributed by atoms with E-state index < -0.39 is 5.82 Å². The average Bonchev–Trinajstić information content (AvgIpc) is 2.93. The Kier molecular flexibility index (Phi) is 6.07. The molecular weight excluding hydrogens is 387 g/mol. The number of halogens is 2. The standard InChI is InChI=1S/C20H20ClFN2O2S/c1-13-18(25)24(20(27-13)16-8-3-4-9-17(16)21)11-10-23(2)19(26)14-6-5-7-15(22)12-14/h3-9,12-13,20H,10-11H2,1-2H3/t13-,20+/m0/s1. The molecule has 1 aliphatic rings. The molecule has 2 atom stereocenters. The molecule has 2 aromatic carbocycles. The zero-order valence-corrected chi connectivity index (χ0v) is 16.6. The van der Waals surface area contributed by atoms with Crippen molar-refractivity contribution < 1.29 is 14.0 Å². The third kappa shape index (κ3) is 4.28. The third-order valence-corrected chi connectivity index (χ3v) is 6.23. The quantitative estimate of drug-likeness (QED) is 0.746. The molecule has 4 nitrogen and oxygen atoms in total. The second-order valence-corrected chi connectivity index (χ2v) is 8.25. The molecule has 7 heteroatoms. The zero-order chi connectivity index (χ0) is 19.6. The Morgan fingerprint density at radius 3 is 2.70 bits per heavy atom. The Morgan fingerprint density at radius 2 is 2.00 bits per heavy atom. The first-order chi connectivity index (χ1) is 12.9. The van der Waals surface area contributed by atoms with Gasteiger partial charge < -0.3 is 9.80 Å². The highest BCUT2D eigenvalue weighted by Crippen LogP contribution is 2.44. The van der Waals surface area contributed by atoms with Crippen LogP contribution in [0, 0.1) is 5.82 Å². The van der Waals surface area contributed by atoms with Crippen LogP contribution in [0.3, 0.4) is 0 Å². The van der Waals surface area contributed by atoms with Crippen molar-refractivity contribution in [2.75, 3.05) is 20.1 Å². The molecule has 1 fully saturated rings. The van der Waals surface area contributed by atoms with Gasteiger partial charge in [0.2, 0.25) is 5.91 Å². The molecule has 1 heterocycles. The van der Waals surface area contributed by atoms with Crippen LogP contribution in [-0.4, -0.2) is 47.0 Å². The molecular formula is C20H20ClFN2O2S. The van der Waals surface area contributed by atoms with Crippen LogP contribution in [0.15, 0.2) is 48.5 Å². The largest absolute Gasteiger partial charge is 0.340 e. The van der Waals surface area contributed by atoms with Crippen molar-refractivity contribution in [1.29, 1.82) is 0 Å². The van der Waals surface area contributed by atoms with E-state index >= 15 is 0 Å². The van der Waals surface area contributed by atoms with Gasteiger partial charge in [0.15, 0.2) is 0 Å². The fraction of sp³-hybridized carbons (Fsp3) is 0.300. The van der Waals surface area contributed by atoms with Crippen molar-refractivity contribution >= 4 is 35.2 Å². The molecule has 0 aromatic heterocycles. The normalized spacial score (nSPS) is 19.4. The van der Waals surface area contributed by atoms with Gasteiger partial charge in [0.1, 0.15) is 11.2 Å². The van der Waals surface area contributed by atoms with Crippen LogP contribution in [0.4, 0.5) is 4.39 Å². The highest BCUT2D eigenvalue weighted by atomic mass is 35.5. The summed E-state index contributed by atoms with van der Waals surface area (Å²) in [7, 11) is 1.65. The predicted octanol–water partition coefficient (Wildman–Crippen LogP) is 4.21. The van der Waals surface area contributed by atoms with E-state index in [1.54, 1.807) is 29.8 Å². The van der Waals surface area contributed by atoms with Gasteiger partial charge in [-0.15, -0.1) is 11.8 Å². The minimum absolute atomic E-state index is 0.0246. The van der Waals surface area contributed by atoms with Gasteiger partial charge in [-0.25, -0.2) is 4.39 Å². The van der Waals surface area contributed by atoms with Gasteiger partial charge in [-0.3, -0.25) is 9.59 Å². The van der Waals surface area contributed by atoms with E-state index in [0.29, 0.717) is 18.1 Å². The smallest absolute Gasteiger partial charge is 0.253 e. The van der Waals surface area contributed by atoms with Gasteiger partial charge in [-0.1, -0.05) is 35.9 Å². The van der Waals surface area contributed by atoms with Crippen molar-refractivity contribution in [3.8, 4) is 0 Å². The first kappa shape index (κ1) is 19.7. The number of likely N-dealkylation sites (N-methyl/N-ethyl adjacent to an activating group) is 1. The molecule has 2 aromatic rings. The number of carbonyl (C=O) groups is 2. The molecule has 142 valence electrons. The van der Waals surface area contributed by atoms with Crippen molar-refractivity contribution in [3.05, 3.63) is 70.5 Å². The predicted molar refractivity (Wildman–Crippen MR) is 106 cm³/mol. The maximum absolute atomic E-state index is 13.4. The number of thioether (sulfide) groups is 1. The highest BCUT2D eigenvalue weighted by Gasteiger charge is 2.39. The summed E-state index contributed by atoms with van der Waals surface area (Å²) in [6.07, 6.45) is 0. The maximum Gasteiger partial charge on any atom is 0.253 e. The fourth-order valence-electron chi connectivity index (χ4n) is 3.02. The van der Waals surface area contributed by atoms with E-state index in [-0.39, 0.29) is 28.0 Å². The molecule has 1 saturated heterocycles. The van der Waals surface area contributed by atoms with Gasteiger partial charge in [-0.2, -0.15) is 0 Å². The zero-order valence-electron chi connectivity index (χ0n) is 15.1. The lowest BCUT2D eigenvalue weighted by molar-refractivity contribution is -0.129. The number of amides is 2. The Hall–Kier alpha value is -2.05. The summed E-state index contributed by atoms with van der Waals surface area (Å²) in [5.41, 5.74) is 1.18. The van der Waals surface area contributed by atoms with Crippen molar-refractivity contribution in [3.63, 3.8) is 0 Å². The summed E-state index contributed by atoms with van der Waals surface area (Å²) in [5, 5.41) is 0.264. The van der Waals surface area contributed by atoms with Crippen LogP contribution in [0.1, 0.15) is 28.2 Å². The third-order valence-electron chi connectivity index (χ3n) is 4.51. The van der Waals surface area contributed by atoms with Gasteiger partial charge in [0, 0.05) is 36.3 Å². The molecule has 1 aliphatic heterocycles. The van der Waals surface area contributed by atoms with Crippen LogP contribution < -0.4 is 0 Å². The average molecular weight is 407 g/mol. The number of hydrogen-bond donors (Lipinski definition) is 0. The summed E-state index contributed by atoms with van der Waals surface area (Å²) in [4.78, 5) is 28.3. The minimum Gasteiger partial charge on any atom is -0.340 e. The maximum atomic E-state index is 13.4. The molecule has 0 aliphatic carbocycles. The van der Waals surface area contributed by atoms with E-state index in [9.17, 15) is 14.0 Å². The van der Waals surface area contributed by atoms with Crippen molar-refractivity contribution in [2.24, 2.45) is 0 Å². The molecule has 0 spiro atoms. The number of hydrogen-bond acceptors (Lipinski definition) is 3. The van der Waals surface area contributed by atoms with Crippen molar-refractivity contribution in [1.82, 2.24) is 9.80 Å². The number of nitrogens with zero attached hydrogens (tertiary/aromatic N) is 2. The summed E-state index contributed by atoms with van der Waals surface area (Å²) in [6, 6.07) is 13.1. The summed E-state index contributed by atoms with van der Waals surface area (Å²) in [5.74, 6) is -0.708. The molecule has 3 rings (SSSR count). The molecule has 27 heavy (non-hydrogen) atoms. The van der Waals surface area contributed by atoms with Crippen LogP contribution in [0.2, 0.25) is 5.02 Å². The minimum atomic E-state index is -0.451. The molecule has 2 amide bonds. The van der Waals surface area contributed by atoms with E-state index in [1.807, 2.05) is 31.2 Å². The number of rotatable bonds is 5. The Labute approximate surface area is 167 Å². The number of carbonyl (C=O) groups excluding carboxylic acids is 2. The fourth-order valence-corrected chi connectivity index (χ4v) is 4.67. The van der Waals surface area contributed by atoms with Gasteiger partial charge in [0.25, 0.3) is 5.91 Å². The van der Waals surface area contributed by atoms with E-state index in [0.717, 1.165) is 5.56 Å². The SMILES string of the molecule is C[C@@H]1S[C@H](c2ccccc2Cl)N(CCN(C)C(=O)c2cccc(F)c2)C1=O. The van der Waals surface area contributed by atoms with Gasteiger partial charge in [-0.05, 0) is 31.2 Å². The Morgan fingerprint density at radius 1 is 1.26 bits per heavy atom. The Bertz CT molecular complexity index is 863.